The fraction of sp³-hybridized carbons (Fsp3) is 0. The summed E-state index contributed by atoms with van der Waals surface area (Å²) in [5.74, 6) is 0.442. The largest absolute Gasteiger partial charge is 0.508 e. The average Bonchev–Trinajstić information content (AvgIpc) is 3.31. The zero-order chi connectivity index (χ0) is 19.8. The number of phenols is 1. The minimum atomic E-state index is -0.254. The number of hydrogen-bond acceptors (Lipinski definition) is 6. The van der Waals surface area contributed by atoms with Crippen LogP contribution in [0.3, 0.4) is 0 Å². The van der Waals surface area contributed by atoms with Crippen molar-refractivity contribution in [1.82, 2.24) is 9.97 Å². The summed E-state index contributed by atoms with van der Waals surface area (Å²) in [6.07, 6.45) is 3.39. The van der Waals surface area contributed by atoms with Crippen molar-refractivity contribution in [1.29, 1.82) is 0 Å². The lowest BCUT2D eigenvalue weighted by atomic mass is 10.2. The van der Waals surface area contributed by atoms with Gasteiger partial charge in [0.05, 0.1) is 4.70 Å². The number of carbonyl (C=O) groups excluding carboxylic acids is 1. The molecular formula is C22H14N4O2S. The number of aliphatic imine (C=N–C) groups is 1. The van der Waals surface area contributed by atoms with Crippen LogP contribution in [0.2, 0.25) is 0 Å². The van der Waals surface area contributed by atoms with Crippen molar-refractivity contribution >= 4 is 44.6 Å². The molecule has 1 aliphatic rings. The van der Waals surface area contributed by atoms with Crippen molar-refractivity contribution in [2.24, 2.45) is 4.99 Å². The maximum Gasteiger partial charge on any atom is 0.284 e. The molecule has 2 aromatic heterocycles. The molecule has 2 aromatic carbocycles. The Morgan fingerprint density at radius 1 is 0.966 bits per heavy atom. The smallest absolute Gasteiger partial charge is 0.284 e. The summed E-state index contributed by atoms with van der Waals surface area (Å²) < 4.78 is 0.902. The first-order chi connectivity index (χ1) is 14.2. The van der Waals surface area contributed by atoms with E-state index in [9.17, 15) is 9.90 Å². The summed E-state index contributed by atoms with van der Waals surface area (Å²) in [5, 5.41) is 10.0. The van der Waals surface area contributed by atoms with E-state index in [0.29, 0.717) is 22.3 Å². The van der Waals surface area contributed by atoms with Crippen molar-refractivity contribution in [2.45, 2.75) is 0 Å². The maximum absolute atomic E-state index is 13.3. The zero-order valence-electron chi connectivity index (χ0n) is 15.1. The Kier molecular flexibility index (Phi) is 4.14. The first kappa shape index (κ1) is 17.3. The van der Waals surface area contributed by atoms with Crippen LogP contribution in [0, 0.1) is 0 Å². The molecule has 6 nitrogen and oxygen atoms in total. The minimum Gasteiger partial charge on any atom is -0.508 e. The Morgan fingerprint density at radius 2 is 1.76 bits per heavy atom. The molecule has 0 aliphatic carbocycles. The highest BCUT2D eigenvalue weighted by Gasteiger charge is 2.34. The summed E-state index contributed by atoms with van der Waals surface area (Å²) in [5.41, 5.74) is 2.50. The van der Waals surface area contributed by atoms with Crippen molar-refractivity contribution in [2.75, 3.05) is 4.90 Å². The molecule has 5 rings (SSSR count). The van der Waals surface area contributed by atoms with E-state index in [1.165, 1.54) is 16.2 Å². The van der Waals surface area contributed by atoms with Gasteiger partial charge in [0.1, 0.15) is 17.3 Å². The van der Waals surface area contributed by atoms with Crippen LogP contribution in [0.15, 0.2) is 83.6 Å². The molecule has 140 valence electrons. The van der Waals surface area contributed by atoms with Gasteiger partial charge in [0.25, 0.3) is 5.91 Å². The van der Waals surface area contributed by atoms with E-state index in [1.54, 1.807) is 36.5 Å². The van der Waals surface area contributed by atoms with Gasteiger partial charge in [-0.2, -0.15) is 4.98 Å². The number of aromatic nitrogens is 2. The van der Waals surface area contributed by atoms with Gasteiger partial charge < -0.3 is 5.11 Å². The van der Waals surface area contributed by atoms with Crippen LogP contribution in [0.4, 0.5) is 5.13 Å². The molecule has 0 spiro atoms. The van der Waals surface area contributed by atoms with E-state index in [-0.39, 0.29) is 11.7 Å². The molecule has 0 saturated carbocycles. The fourth-order valence-corrected chi connectivity index (χ4v) is 3.98. The highest BCUT2D eigenvalue weighted by molar-refractivity contribution is 7.22. The number of anilines is 1. The molecule has 0 saturated heterocycles. The van der Waals surface area contributed by atoms with E-state index >= 15 is 0 Å². The lowest BCUT2D eigenvalue weighted by molar-refractivity contribution is -0.113. The van der Waals surface area contributed by atoms with Crippen molar-refractivity contribution in [3.05, 3.63) is 89.8 Å². The number of amidine groups is 1. The van der Waals surface area contributed by atoms with Gasteiger partial charge in [0.2, 0.25) is 5.13 Å². The number of hydrogen-bond donors (Lipinski definition) is 1. The number of rotatable bonds is 3. The lowest BCUT2D eigenvalue weighted by Gasteiger charge is -2.14. The third-order valence-corrected chi connectivity index (χ3v) is 5.43. The van der Waals surface area contributed by atoms with Gasteiger partial charge in [-0.25, -0.2) is 14.9 Å². The second-order valence-corrected chi connectivity index (χ2v) is 7.39. The molecule has 0 fully saturated rings. The number of nitrogens with zero attached hydrogens (tertiary/aromatic N) is 4. The second kappa shape index (κ2) is 6.96. The van der Waals surface area contributed by atoms with Gasteiger partial charge in [-0.3, -0.25) is 4.79 Å². The maximum atomic E-state index is 13.3. The summed E-state index contributed by atoms with van der Waals surface area (Å²) in [7, 11) is 0. The van der Waals surface area contributed by atoms with E-state index in [1.807, 2.05) is 42.5 Å². The normalized spacial score (nSPS) is 15.3. The predicted octanol–water partition coefficient (Wildman–Crippen LogP) is 4.23. The van der Waals surface area contributed by atoms with Crippen molar-refractivity contribution in [3.63, 3.8) is 0 Å². The predicted molar refractivity (Wildman–Crippen MR) is 114 cm³/mol. The van der Waals surface area contributed by atoms with Crippen LogP contribution in [0.1, 0.15) is 11.1 Å². The molecule has 1 aliphatic heterocycles. The summed E-state index contributed by atoms with van der Waals surface area (Å²) in [6.45, 7) is 0. The summed E-state index contributed by atoms with van der Waals surface area (Å²) in [6, 6.07) is 19.9. The Morgan fingerprint density at radius 3 is 2.52 bits per heavy atom. The highest BCUT2D eigenvalue weighted by atomic mass is 32.1. The van der Waals surface area contributed by atoms with Gasteiger partial charge in [0, 0.05) is 11.8 Å². The van der Waals surface area contributed by atoms with E-state index in [4.69, 9.17) is 0 Å². The van der Waals surface area contributed by atoms with Crippen LogP contribution >= 0.6 is 11.3 Å². The molecule has 29 heavy (non-hydrogen) atoms. The molecule has 1 N–H and O–H groups in total. The zero-order valence-corrected chi connectivity index (χ0v) is 15.9. The Balaban J connectivity index is 1.63. The molecule has 0 radical (unpaired) electrons. The lowest BCUT2D eigenvalue weighted by Crippen LogP contribution is -2.32. The molecule has 1 amide bonds. The molecule has 0 unspecified atom stereocenters. The molecule has 4 aromatic rings. The molecule has 0 atom stereocenters. The van der Waals surface area contributed by atoms with Crippen LogP contribution in [-0.2, 0) is 4.79 Å². The Hall–Kier alpha value is -3.84. The van der Waals surface area contributed by atoms with Gasteiger partial charge in [-0.05, 0) is 35.9 Å². The summed E-state index contributed by atoms with van der Waals surface area (Å²) >= 11 is 1.40. The number of amides is 1. The number of benzene rings is 2. The topological polar surface area (TPSA) is 78.7 Å². The first-order valence-electron chi connectivity index (χ1n) is 8.90. The van der Waals surface area contributed by atoms with Crippen LogP contribution in [-0.4, -0.2) is 26.8 Å². The quantitative estimate of drug-likeness (QED) is 0.524. The van der Waals surface area contributed by atoms with Crippen LogP contribution in [0.25, 0.3) is 16.4 Å². The van der Waals surface area contributed by atoms with E-state index < -0.39 is 0 Å². The fourth-order valence-electron chi connectivity index (χ4n) is 3.06. The van der Waals surface area contributed by atoms with Gasteiger partial charge in [-0.15, -0.1) is 0 Å². The minimum absolute atomic E-state index is 0.168. The van der Waals surface area contributed by atoms with Crippen LogP contribution < -0.4 is 4.90 Å². The standard InChI is InChI=1S/C22H14N4O2S/c27-16-10-8-14(9-11-16)13-17-21(28)26(20(24-17)15-5-2-1-3-6-15)22-25-19-18(29-22)7-4-12-23-19/h1-13,27H. The monoisotopic (exact) mass is 398 g/mol. The SMILES string of the molecule is O=C1C(=Cc2ccc(O)cc2)N=C(c2ccccc2)N1c1nc2ncccc2s1. The molecule has 7 heteroatoms. The van der Waals surface area contributed by atoms with E-state index in [2.05, 4.69) is 15.0 Å². The average molecular weight is 398 g/mol. The number of carbonyl (C=O) groups is 1. The number of pyridine rings is 1. The number of thiazole rings is 1. The Bertz CT molecular complexity index is 1240. The molecule has 3 heterocycles. The number of aromatic hydroxyl groups is 1. The third-order valence-electron chi connectivity index (χ3n) is 4.43. The highest BCUT2D eigenvalue weighted by Crippen LogP contribution is 2.33. The molecule has 0 bridgehead atoms. The van der Waals surface area contributed by atoms with E-state index in [0.717, 1.165) is 15.8 Å². The molecular weight excluding hydrogens is 384 g/mol. The van der Waals surface area contributed by atoms with Crippen LogP contribution in [0.5, 0.6) is 5.75 Å². The first-order valence-corrected chi connectivity index (χ1v) is 9.71. The van der Waals surface area contributed by atoms with Gasteiger partial charge >= 0.3 is 0 Å². The number of fused-ring (bicyclic) bond motifs is 1. The van der Waals surface area contributed by atoms with Crippen molar-refractivity contribution < 1.29 is 9.90 Å². The third kappa shape index (κ3) is 3.17. The Labute approximate surface area is 170 Å². The van der Waals surface area contributed by atoms with Gasteiger partial charge in [-0.1, -0.05) is 53.8 Å². The second-order valence-electron chi connectivity index (χ2n) is 6.38. The van der Waals surface area contributed by atoms with Crippen molar-refractivity contribution in [3.8, 4) is 5.75 Å². The number of phenolic OH excluding ortho intramolecular Hbond substituents is 1. The van der Waals surface area contributed by atoms with Gasteiger partial charge in [0.15, 0.2) is 5.65 Å². The summed E-state index contributed by atoms with van der Waals surface area (Å²) in [4.78, 5) is 28.3.